The van der Waals surface area contributed by atoms with E-state index in [2.05, 4.69) is 30.2 Å². The lowest BCUT2D eigenvalue weighted by molar-refractivity contribution is 0.361. The number of allylic oxidation sites excluding steroid dienone is 1. The number of likely N-dealkylation sites (N-methyl/N-ethyl adjacent to an activating group) is 1. The average molecular weight is 234 g/mol. The molecule has 1 aliphatic heterocycles. The van der Waals surface area contributed by atoms with Crippen molar-refractivity contribution in [1.82, 2.24) is 4.90 Å². The molecule has 0 amide bonds. The summed E-state index contributed by atoms with van der Waals surface area (Å²) >= 11 is 6.09. The summed E-state index contributed by atoms with van der Waals surface area (Å²) in [6, 6.07) is 7.92. The maximum atomic E-state index is 6.09. The molecule has 0 atom stereocenters. The normalized spacial score (nSPS) is 17.8. The number of hydrogen-bond donors (Lipinski definition) is 0. The Hall–Kier alpha value is -1.05. The summed E-state index contributed by atoms with van der Waals surface area (Å²) in [4.78, 5) is 2.31. The second-order valence-corrected chi connectivity index (χ2v) is 4.55. The molecule has 0 bridgehead atoms. The minimum absolute atomic E-state index is 0.812. The van der Waals surface area contributed by atoms with Crippen LogP contribution in [0, 0.1) is 0 Å². The van der Waals surface area contributed by atoms with Gasteiger partial charge in [-0.1, -0.05) is 48.0 Å². The Bertz CT molecular complexity index is 420. The smallest absolute Gasteiger partial charge is 0.0478 e. The Balaban J connectivity index is 2.07. The Morgan fingerprint density at radius 1 is 1.25 bits per heavy atom. The standard InChI is InChI=1S/C14H16ClN/c1-16-10-8-12(9-11-16)6-7-13-4-2-3-5-14(13)15/h2-8H,9-11H2,1H3. The van der Waals surface area contributed by atoms with Crippen LogP contribution in [-0.2, 0) is 0 Å². The van der Waals surface area contributed by atoms with Gasteiger partial charge in [-0.05, 0) is 30.7 Å². The van der Waals surface area contributed by atoms with Crippen LogP contribution in [0.2, 0.25) is 5.02 Å². The third kappa shape index (κ3) is 2.97. The van der Waals surface area contributed by atoms with Crippen LogP contribution in [0.15, 0.2) is 42.0 Å². The van der Waals surface area contributed by atoms with Crippen LogP contribution in [0.5, 0.6) is 0 Å². The molecule has 1 aliphatic rings. The van der Waals surface area contributed by atoms with Crippen molar-refractivity contribution in [2.45, 2.75) is 6.42 Å². The summed E-state index contributed by atoms with van der Waals surface area (Å²) in [6.45, 7) is 2.18. The zero-order valence-corrected chi connectivity index (χ0v) is 10.2. The van der Waals surface area contributed by atoms with Crippen LogP contribution in [0.25, 0.3) is 6.08 Å². The predicted octanol–water partition coefficient (Wildman–Crippen LogP) is 3.62. The molecular weight excluding hydrogens is 218 g/mol. The summed E-state index contributed by atoms with van der Waals surface area (Å²) in [5.41, 5.74) is 2.49. The van der Waals surface area contributed by atoms with Gasteiger partial charge in [0.2, 0.25) is 0 Å². The van der Waals surface area contributed by atoms with E-state index in [4.69, 9.17) is 11.6 Å². The van der Waals surface area contributed by atoms with E-state index < -0.39 is 0 Å². The highest BCUT2D eigenvalue weighted by atomic mass is 35.5. The van der Waals surface area contributed by atoms with Crippen molar-refractivity contribution < 1.29 is 0 Å². The molecule has 1 aromatic carbocycles. The Morgan fingerprint density at radius 2 is 2.06 bits per heavy atom. The molecule has 0 fully saturated rings. The largest absolute Gasteiger partial charge is 0.302 e. The van der Waals surface area contributed by atoms with Gasteiger partial charge in [0.05, 0.1) is 0 Å². The van der Waals surface area contributed by atoms with E-state index in [-0.39, 0.29) is 0 Å². The molecule has 0 aromatic heterocycles. The minimum Gasteiger partial charge on any atom is -0.302 e. The fraction of sp³-hybridized carbons (Fsp3) is 0.286. The van der Waals surface area contributed by atoms with E-state index in [9.17, 15) is 0 Å². The molecule has 1 heterocycles. The highest BCUT2D eigenvalue weighted by Gasteiger charge is 2.04. The van der Waals surface area contributed by atoms with Crippen molar-refractivity contribution >= 4 is 17.7 Å². The molecule has 0 spiro atoms. The van der Waals surface area contributed by atoms with Crippen LogP contribution >= 0.6 is 11.6 Å². The first-order valence-electron chi connectivity index (χ1n) is 5.56. The lowest BCUT2D eigenvalue weighted by atomic mass is 10.1. The molecule has 2 rings (SSSR count). The van der Waals surface area contributed by atoms with Gasteiger partial charge in [-0.15, -0.1) is 0 Å². The van der Waals surface area contributed by atoms with Crippen molar-refractivity contribution in [3.8, 4) is 0 Å². The molecule has 0 unspecified atom stereocenters. The molecule has 0 N–H and O–H groups in total. The fourth-order valence-electron chi connectivity index (χ4n) is 1.74. The lowest BCUT2D eigenvalue weighted by Crippen LogP contribution is -2.23. The van der Waals surface area contributed by atoms with Gasteiger partial charge >= 0.3 is 0 Å². The highest BCUT2D eigenvalue weighted by molar-refractivity contribution is 6.32. The maximum absolute atomic E-state index is 6.09. The lowest BCUT2D eigenvalue weighted by Gasteiger charge is -2.20. The average Bonchev–Trinajstić information content (AvgIpc) is 2.30. The number of hydrogen-bond acceptors (Lipinski definition) is 1. The molecule has 0 saturated carbocycles. The summed E-state index contributed by atoms with van der Waals surface area (Å²) in [5.74, 6) is 0. The topological polar surface area (TPSA) is 3.24 Å². The fourth-order valence-corrected chi connectivity index (χ4v) is 1.94. The number of nitrogens with zero attached hydrogens (tertiary/aromatic N) is 1. The number of benzene rings is 1. The molecule has 16 heavy (non-hydrogen) atoms. The second kappa shape index (κ2) is 5.33. The molecule has 0 saturated heterocycles. The summed E-state index contributed by atoms with van der Waals surface area (Å²) in [5, 5.41) is 0.812. The highest BCUT2D eigenvalue weighted by Crippen LogP contribution is 2.18. The molecule has 0 radical (unpaired) electrons. The van der Waals surface area contributed by atoms with Crippen molar-refractivity contribution in [3.05, 3.63) is 52.6 Å². The minimum atomic E-state index is 0.812. The van der Waals surface area contributed by atoms with Crippen LogP contribution in [0.1, 0.15) is 12.0 Å². The molecule has 84 valence electrons. The van der Waals surface area contributed by atoms with Gasteiger partial charge in [-0.3, -0.25) is 0 Å². The molecule has 1 aromatic rings. The second-order valence-electron chi connectivity index (χ2n) is 4.15. The van der Waals surface area contributed by atoms with Crippen LogP contribution < -0.4 is 0 Å². The zero-order valence-electron chi connectivity index (χ0n) is 9.49. The van der Waals surface area contributed by atoms with Crippen molar-refractivity contribution in [2.75, 3.05) is 20.1 Å². The molecule has 0 aliphatic carbocycles. The van der Waals surface area contributed by atoms with E-state index in [1.54, 1.807) is 0 Å². The molecule has 2 heteroatoms. The Kier molecular flexibility index (Phi) is 3.81. The summed E-state index contributed by atoms with van der Waals surface area (Å²) < 4.78 is 0. The molecule has 1 nitrogen and oxygen atoms in total. The first-order chi connectivity index (χ1) is 7.75. The monoisotopic (exact) mass is 233 g/mol. The quantitative estimate of drug-likeness (QED) is 0.754. The summed E-state index contributed by atoms with van der Waals surface area (Å²) in [6.07, 6.45) is 7.67. The van der Waals surface area contributed by atoms with Gasteiger partial charge in [-0.2, -0.15) is 0 Å². The third-order valence-corrected chi connectivity index (χ3v) is 3.17. The van der Waals surface area contributed by atoms with E-state index in [0.29, 0.717) is 0 Å². The maximum Gasteiger partial charge on any atom is 0.0478 e. The van der Waals surface area contributed by atoms with Gasteiger partial charge in [-0.25, -0.2) is 0 Å². The zero-order chi connectivity index (χ0) is 11.4. The van der Waals surface area contributed by atoms with E-state index in [1.165, 1.54) is 5.57 Å². The van der Waals surface area contributed by atoms with Gasteiger partial charge in [0.1, 0.15) is 0 Å². The molecular formula is C14H16ClN. The predicted molar refractivity (Wildman–Crippen MR) is 70.7 cm³/mol. The van der Waals surface area contributed by atoms with Crippen LogP contribution in [0.3, 0.4) is 0 Å². The van der Waals surface area contributed by atoms with E-state index in [0.717, 1.165) is 30.1 Å². The SMILES string of the molecule is CN1CC=C(C=Cc2ccccc2Cl)CC1. The number of rotatable bonds is 2. The Labute approximate surface area is 102 Å². The van der Waals surface area contributed by atoms with Gasteiger partial charge in [0, 0.05) is 18.1 Å². The van der Waals surface area contributed by atoms with Gasteiger partial charge < -0.3 is 4.90 Å². The van der Waals surface area contributed by atoms with E-state index in [1.807, 2.05) is 24.3 Å². The van der Waals surface area contributed by atoms with Crippen molar-refractivity contribution in [3.63, 3.8) is 0 Å². The first-order valence-corrected chi connectivity index (χ1v) is 5.94. The van der Waals surface area contributed by atoms with Crippen LogP contribution in [-0.4, -0.2) is 25.0 Å². The van der Waals surface area contributed by atoms with Gasteiger partial charge in [0.25, 0.3) is 0 Å². The van der Waals surface area contributed by atoms with Gasteiger partial charge in [0.15, 0.2) is 0 Å². The Morgan fingerprint density at radius 3 is 2.75 bits per heavy atom. The van der Waals surface area contributed by atoms with Crippen molar-refractivity contribution in [2.24, 2.45) is 0 Å². The first kappa shape index (κ1) is 11.4. The van der Waals surface area contributed by atoms with Crippen LogP contribution in [0.4, 0.5) is 0 Å². The third-order valence-electron chi connectivity index (χ3n) is 2.83. The summed E-state index contributed by atoms with van der Waals surface area (Å²) in [7, 11) is 2.14. The van der Waals surface area contributed by atoms with Crippen molar-refractivity contribution in [1.29, 1.82) is 0 Å². The number of halogens is 1. The van der Waals surface area contributed by atoms with E-state index >= 15 is 0 Å².